The number of rotatable bonds is 14. The Balaban J connectivity index is 0.000000207. The lowest BCUT2D eigenvalue weighted by Gasteiger charge is -2.34. The molecule has 3 aliphatic heterocycles. The van der Waals surface area contributed by atoms with Crippen LogP contribution >= 0.6 is 10.7 Å². The summed E-state index contributed by atoms with van der Waals surface area (Å²) in [6, 6.07) is 23.5. The molecule has 0 spiro atoms. The number of cyclic esters (lactones) is 2. The van der Waals surface area contributed by atoms with Gasteiger partial charge in [0.05, 0.1) is 52.3 Å². The average Bonchev–Trinajstić information content (AvgIpc) is 3.90. The number of carbonyl (C=O) groups is 3. The molecule has 1 N–H and O–H groups in total. The average molecular weight is 974 g/mol. The van der Waals surface area contributed by atoms with Gasteiger partial charge in [0, 0.05) is 75.7 Å². The van der Waals surface area contributed by atoms with Gasteiger partial charge >= 0.3 is 18.3 Å². The number of piperazine rings is 1. The largest absolute Gasteiger partial charge is 0.445 e. The molecule has 22 heteroatoms. The van der Waals surface area contributed by atoms with Crippen molar-refractivity contribution in [1.82, 2.24) is 9.80 Å². The number of non-ortho nitro benzene ring substituents is 1. The summed E-state index contributed by atoms with van der Waals surface area (Å²) < 4.78 is 66.4. The van der Waals surface area contributed by atoms with Crippen molar-refractivity contribution in [2.75, 3.05) is 99.2 Å². The van der Waals surface area contributed by atoms with E-state index in [1.54, 1.807) is 36.2 Å². The monoisotopic (exact) mass is 973 g/mol. The second-order valence-corrected chi connectivity index (χ2v) is 18.2. The molecule has 3 saturated heterocycles. The van der Waals surface area contributed by atoms with E-state index in [0.717, 1.165) is 44.2 Å². The molecule has 0 radical (unpaired) electrons. The fourth-order valence-corrected chi connectivity index (χ4v) is 7.84. The third kappa shape index (κ3) is 14.4. The lowest BCUT2D eigenvalue weighted by atomic mass is 10.2. The fourth-order valence-electron chi connectivity index (χ4n) is 7.05. The first kappa shape index (κ1) is 51.7. The molecule has 2 atom stereocenters. The Kier molecular flexibility index (Phi) is 18.5. The number of nitro benzene ring substituents is 1. The smallest absolute Gasteiger partial charge is 0.414 e. The Hall–Kier alpha value is -6.29. The summed E-state index contributed by atoms with van der Waals surface area (Å²) in [7, 11) is 4.80. The molecule has 3 fully saturated rings. The first-order valence-corrected chi connectivity index (χ1v) is 23.7. The number of hydrogen-bond donors (Lipinski definition) is 1. The van der Waals surface area contributed by atoms with Crippen LogP contribution < -0.4 is 19.6 Å². The Morgan fingerprint density at radius 3 is 2.01 bits per heavy atom. The number of anilines is 4. The van der Waals surface area contributed by atoms with E-state index in [0.29, 0.717) is 48.9 Å². The lowest BCUT2D eigenvalue weighted by molar-refractivity contribution is -0.385. The fraction of sp³-hybridized carbons (Fsp3) is 0.400. The Labute approximate surface area is 392 Å². The van der Waals surface area contributed by atoms with E-state index in [-0.39, 0.29) is 42.3 Å². The van der Waals surface area contributed by atoms with Gasteiger partial charge in [-0.2, -0.15) is 0 Å². The maximum atomic E-state index is 14.9. The predicted octanol–water partition coefficient (Wildman–Crippen LogP) is 7.07. The van der Waals surface area contributed by atoms with Crippen LogP contribution in [0.3, 0.4) is 0 Å². The predicted molar refractivity (Wildman–Crippen MR) is 248 cm³/mol. The zero-order valence-electron chi connectivity index (χ0n) is 37.5. The topological polar surface area (TPSA) is 196 Å². The van der Waals surface area contributed by atoms with Gasteiger partial charge in [-0.25, -0.2) is 31.6 Å². The minimum atomic E-state index is -3.89. The van der Waals surface area contributed by atoms with E-state index in [1.165, 1.54) is 45.0 Å². The highest BCUT2D eigenvalue weighted by atomic mass is 35.7. The van der Waals surface area contributed by atoms with Crippen LogP contribution in [0.1, 0.15) is 25.8 Å². The van der Waals surface area contributed by atoms with Crippen molar-refractivity contribution in [2.45, 2.75) is 44.0 Å². The van der Waals surface area contributed by atoms with Crippen LogP contribution in [-0.2, 0) is 29.9 Å². The van der Waals surface area contributed by atoms with Crippen LogP contribution in [0, 0.1) is 21.7 Å². The molecule has 18 nitrogen and oxygen atoms in total. The maximum Gasteiger partial charge on any atom is 0.414 e. The first-order valence-electron chi connectivity index (χ1n) is 21.4. The van der Waals surface area contributed by atoms with Crippen LogP contribution in [0.5, 0.6) is 0 Å². The van der Waals surface area contributed by atoms with Gasteiger partial charge in [0.25, 0.3) is 14.7 Å². The van der Waals surface area contributed by atoms with Gasteiger partial charge in [-0.05, 0) is 68.4 Å². The van der Waals surface area contributed by atoms with E-state index >= 15 is 0 Å². The van der Waals surface area contributed by atoms with Gasteiger partial charge in [-0.1, -0.05) is 43.3 Å². The number of benzene rings is 4. The number of likely N-dealkylation sites (N-methyl/N-ethyl adjacent to an activating group) is 3. The zero-order chi connectivity index (χ0) is 48.8. The highest BCUT2D eigenvalue weighted by Gasteiger charge is 2.33. The van der Waals surface area contributed by atoms with Crippen molar-refractivity contribution in [3.63, 3.8) is 0 Å². The molecule has 362 valence electrons. The summed E-state index contributed by atoms with van der Waals surface area (Å²) in [4.78, 5) is 55.6. The minimum Gasteiger partial charge on any atom is -0.445 e. The summed E-state index contributed by atoms with van der Waals surface area (Å²) in [5.74, 6) is -0.770. The molecule has 4 aromatic carbocycles. The van der Waals surface area contributed by atoms with Gasteiger partial charge in [0.1, 0.15) is 30.4 Å². The van der Waals surface area contributed by atoms with Gasteiger partial charge < -0.3 is 38.9 Å². The van der Waals surface area contributed by atoms with E-state index in [4.69, 9.17) is 30.0 Å². The highest BCUT2D eigenvalue weighted by Crippen LogP contribution is 2.30. The number of aliphatic hydroxyl groups excluding tert-OH is 1. The summed E-state index contributed by atoms with van der Waals surface area (Å²) in [6.07, 6.45) is -1.41. The summed E-state index contributed by atoms with van der Waals surface area (Å²) in [5.41, 5.74) is 2.51. The number of nitrogens with zero attached hydrogens (tertiary/aromatic N) is 7. The maximum absolute atomic E-state index is 14.9. The molecule has 0 bridgehead atoms. The van der Waals surface area contributed by atoms with Gasteiger partial charge in [0.2, 0.25) is 0 Å². The highest BCUT2D eigenvalue weighted by molar-refractivity contribution is 8.13. The van der Waals surface area contributed by atoms with Crippen LogP contribution in [0.4, 0.5) is 51.6 Å². The third-order valence-corrected chi connectivity index (χ3v) is 12.3. The van der Waals surface area contributed by atoms with Crippen LogP contribution in [0.25, 0.3) is 0 Å². The number of aliphatic hydroxyl groups is 1. The lowest BCUT2D eigenvalue weighted by Crippen LogP contribution is -2.44. The molecule has 0 unspecified atom stereocenters. The van der Waals surface area contributed by atoms with E-state index in [9.17, 15) is 41.7 Å². The second-order valence-electron chi connectivity index (χ2n) is 15.6. The summed E-state index contributed by atoms with van der Waals surface area (Å²) in [6.45, 7) is 9.19. The molecule has 3 amide bonds. The van der Waals surface area contributed by atoms with E-state index in [2.05, 4.69) is 16.8 Å². The number of amides is 3. The van der Waals surface area contributed by atoms with Gasteiger partial charge in [-0.15, -0.1) is 0 Å². The molecular weight excluding hydrogens is 920 g/mol. The van der Waals surface area contributed by atoms with Gasteiger partial charge in [0.15, 0.2) is 0 Å². The van der Waals surface area contributed by atoms with Crippen molar-refractivity contribution in [3.05, 3.63) is 118 Å². The van der Waals surface area contributed by atoms with Crippen molar-refractivity contribution < 1.29 is 55.8 Å². The second kappa shape index (κ2) is 23.9. The normalized spacial score (nSPS) is 17.1. The van der Waals surface area contributed by atoms with Crippen LogP contribution in [0.15, 0.2) is 95.9 Å². The Morgan fingerprint density at radius 2 is 1.48 bits per heavy atom. The standard InChI is InChI=1S/C23H28FN3O5.C16H22FN3O2.C6H4ClNO4S/c1-3-26(12-11-25(2)22(29)31-16-17-7-5-4-6-8-17)21-10-9-18(13-20(21)24)27-14-19(15-28)32-23(27)30;1-3-13-11-20(16(21)22-13)12-4-5-15(14(17)10-12)19-8-6-18(2)7-9-19;7-13(11,12)6-3-1-2-5(4-6)8(9)10/h4-10,13,19,28H,3,11-12,14-16H2,1-2H3;4-5,10,13H,3,6-9,11H2,1-2H3;1-4H/t19-;13-;/m10./s1. The number of nitro groups is 1. The third-order valence-electron chi connectivity index (χ3n) is 11.0. The molecule has 67 heavy (non-hydrogen) atoms. The van der Waals surface area contributed by atoms with E-state index < -0.39 is 44.2 Å². The number of halogens is 3. The number of ether oxygens (including phenoxy) is 3. The van der Waals surface area contributed by atoms with Crippen LogP contribution in [0.2, 0.25) is 0 Å². The number of hydrogen-bond acceptors (Lipinski definition) is 14. The molecular formula is C45H54ClF2N7O11S. The minimum absolute atomic E-state index is 0.104. The molecule has 0 saturated carbocycles. The zero-order valence-corrected chi connectivity index (χ0v) is 39.1. The Bertz CT molecular complexity index is 2450. The van der Waals surface area contributed by atoms with E-state index in [1.807, 2.05) is 44.2 Å². The molecule has 3 aliphatic rings. The van der Waals surface area contributed by atoms with Crippen molar-refractivity contribution >= 4 is 66.4 Å². The van der Waals surface area contributed by atoms with Crippen molar-refractivity contribution in [1.29, 1.82) is 0 Å². The van der Waals surface area contributed by atoms with Crippen molar-refractivity contribution in [2.24, 2.45) is 0 Å². The molecule has 3 heterocycles. The molecule has 7 rings (SSSR count). The number of carbonyl (C=O) groups excluding carboxylic acids is 3. The molecule has 0 aliphatic carbocycles. The SMILES string of the molecule is CCN(CCN(C)C(=O)OCc1ccccc1)c1ccc(N2C[C@H](CO)OC2=O)cc1F.CC[C@H]1CN(c2ccc(N3CCN(C)CC3)c(F)c2)C(=O)O1.O=[N+]([O-])c1cccc(S(=O)(=O)Cl)c1. The van der Waals surface area contributed by atoms with Crippen LogP contribution in [-0.4, -0.2) is 138 Å². The van der Waals surface area contributed by atoms with Crippen molar-refractivity contribution in [3.8, 4) is 0 Å². The molecule has 4 aromatic rings. The van der Waals surface area contributed by atoms with Gasteiger partial charge in [-0.3, -0.25) is 19.9 Å². The molecule has 0 aromatic heterocycles. The summed E-state index contributed by atoms with van der Waals surface area (Å²) in [5, 5.41) is 19.4. The summed E-state index contributed by atoms with van der Waals surface area (Å²) >= 11 is 0. The Morgan fingerprint density at radius 1 is 0.866 bits per heavy atom. The first-order chi connectivity index (χ1) is 31.9. The quantitative estimate of drug-likeness (QED) is 0.0583.